The number of aromatic amines is 1. The molecule has 1 aromatic carbocycles. The van der Waals surface area contributed by atoms with Crippen molar-refractivity contribution in [2.75, 3.05) is 0 Å². The molecule has 28 heavy (non-hydrogen) atoms. The van der Waals surface area contributed by atoms with Crippen LogP contribution in [0.25, 0.3) is 11.4 Å². The largest absolute Gasteiger partial charge is 0.416 e. The Hall–Kier alpha value is -3.04. The highest BCUT2D eigenvalue weighted by Gasteiger charge is 2.42. The molecular weight excluding hydrogens is 378 g/mol. The van der Waals surface area contributed by atoms with Gasteiger partial charge in [-0.25, -0.2) is 14.1 Å². The second kappa shape index (κ2) is 5.98. The third kappa shape index (κ3) is 2.79. The van der Waals surface area contributed by atoms with E-state index in [-0.39, 0.29) is 11.1 Å². The molecule has 0 radical (unpaired) electrons. The summed E-state index contributed by atoms with van der Waals surface area (Å²) >= 11 is 0. The normalized spacial score (nSPS) is 19.1. The van der Waals surface area contributed by atoms with Gasteiger partial charge >= 0.3 is 6.18 Å². The molecule has 0 spiro atoms. The van der Waals surface area contributed by atoms with Crippen LogP contribution in [-0.2, 0) is 18.1 Å². The molecule has 3 aromatic rings. The minimum Gasteiger partial charge on any atom is -0.311 e. The summed E-state index contributed by atoms with van der Waals surface area (Å²) in [6.45, 7) is 3.33. The van der Waals surface area contributed by atoms with Crippen molar-refractivity contribution >= 4 is 0 Å². The fourth-order valence-corrected chi connectivity index (χ4v) is 3.67. The van der Waals surface area contributed by atoms with Crippen molar-refractivity contribution in [3.8, 4) is 11.4 Å². The summed E-state index contributed by atoms with van der Waals surface area (Å²) in [4.78, 5) is 18.5. The molecule has 1 aliphatic heterocycles. The predicted molar refractivity (Wildman–Crippen MR) is 91.1 cm³/mol. The van der Waals surface area contributed by atoms with E-state index in [0.717, 1.165) is 12.1 Å². The summed E-state index contributed by atoms with van der Waals surface area (Å²) in [5, 5.41) is 8.19. The number of nitrogens with one attached hydrogen (secondary N) is 1. The zero-order chi connectivity index (χ0) is 20.3. The van der Waals surface area contributed by atoms with E-state index in [9.17, 15) is 22.4 Å². The Morgan fingerprint density at radius 3 is 2.64 bits per heavy atom. The van der Waals surface area contributed by atoms with E-state index in [1.165, 1.54) is 10.7 Å². The van der Waals surface area contributed by atoms with E-state index in [0.29, 0.717) is 41.8 Å². The number of H-pyrrole nitrogens is 1. The quantitative estimate of drug-likeness (QED) is 0.679. The minimum atomic E-state index is -4.62. The van der Waals surface area contributed by atoms with Crippen LogP contribution < -0.4 is 5.56 Å². The van der Waals surface area contributed by atoms with E-state index in [1.807, 2.05) is 0 Å². The molecule has 0 saturated heterocycles. The molecular formula is C18H15F4N5O. The first kappa shape index (κ1) is 18.3. The number of halogens is 4. The van der Waals surface area contributed by atoms with Crippen LogP contribution in [0.4, 0.5) is 17.6 Å². The van der Waals surface area contributed by atoms with Gasteiger partial charge in [-0.05, 0) is 38.8 Å². The summed E-state index contributed by atoms with van der Waals surface area (Å²) in [6.07, 6.45) is -3.73. The maximum atomic E-state index is 14.6. The number of rotatable bonds is 2. The number of nitrogens with zero attached hydrogens (tertiary/aromatic N) is 4. The number of fused-ring (bicyclic) bond motifs is 1. The first-order valence-corrected chi connectivity index (χ1v) is 8.50. The van der Waals surface area contributed by atoms with E-state index in [1.54, 1.807) is 13.8 Å². The summed E-state index contributed by atoms with van der Waals surface area (Å²) < 4.78 is 54.6. The zero-order valence-electron chi connectivity index (χ0n) is 14.9. The topological polar surface area (TPSA) is 76.5 Å². The fraction of sp³-hybridized carbons (Fsp3) is 0.333. The van der Waals surface area contributed by atoms with Crippen molar-refractivity contribution in [2.45, 2.75) is 38.4 Å². The molecule has 146 valence electrons. The predicted octanol–water partition coefficient (Wildman–Crippen LogP) is 3.20. The van der Waals surface area contributed by atoms with E-state index in [4.69, 9.17) is 0 Å². The first-order chi connectivity index (χ1) is 13.1. The third-order valence-corrected chi connectivity index (χ3v) is 5.06. The number of aromatic nitrogens is 5. The molecule has 0 aliphatic carbocycles. The van der Waals surface area contributed by atoms with Crippen molar-refractivity contribution in [1.82, 2.24) is 25.0 Å². The van der Waals surface area contributed by atoms with Crippen LogP contribution in [0.1, 0.15) is 36.0 Å². The maximum absolute atomic E-state index is 14.6. The van der Waals surface area contributed by atoms with Crippen molar-refractivity contribution in [2.24, 2.45) is 0 Å². The van der Waals surface area contributed by atoms with Crippen LogP contribution in [0.2, 0.25) is 0 Å². The molecule has 1 atom stereocenters. The Morgan fingerprint density at radius 2 is 2.00 bits per heavy atom. The lowest BCUT2D eigenvalue weighted by atomic mass is 9.89. The van der Waals surface area contributed by atoms with Crippen LogP contribution in [0.15, 0.2) is 29.1 Å². The van der Waals surface area contributed by atoms with E-state index < -0.39 is 23.1 Å². The van der Waals surface area contributed by atoms with Gasteiger partial charge in [-0.2, -0.15) is 13.2 Å². The van der Waals surface area contributed by atoms with Crippen LogP contribution in [0.5, 0.6) is 0 Å². The van der Waals surface area contributed by atoms with Crippen LogP contribution in [0, 0.1) is 12.7 Å². The Labute approximate surface area is 156 Å². The van der Waals surface area contributed by atoms with E-state index in [2.05, 4.69) is 20.3 Å². The summed E-state index contributed by atoms with van der Waals surface area (Å²) in [6, 6.07) is 3.80. The number of alkyl halides is 3. The van der Waals surface area contributed by atoms with Gasteiger partial charge in [0.05, 0.1) is 16.8 Å². The summed E-state index contributed by atoms with van der Waals surface area (Å²) in [5.74, 6) is -0.536. The van der Waals surface area contributed by atoms with Gasteiger partial charge in [0.15, 0.2) is 0 Å². The van der Waals surface area contributed by atoms with Crippen molar-refractivity contribution < 1.29 is 17.6 Å². The van der Waals surface area contributed by atoms with Crippen LogP contribution in [0.3, 0.4) is 0 Å². The molecule has 2 aromatic heterocycles. The fourth-order valence-electron chi connectivity index (χ4n) is 3.67. The van der Waals surface area contributed by atoms with Crippen molar-refractivity contribution in [3.63, 3.8) is 0 Å². The molecule has 6 nitrogen and oxygen atoms in total. The van der Waals surface area contributed by atoms with E-state index >= 15 is 0 Å². The Balaban J connectivity index is 1.80. The highest BCUT2D eigenvalue weighted by atomic mass is 19.4. The number of aryl methyl sites for hydroxylation is 1. The van der Waals surface area contributed by atoms with Gasteiger partial charge in [-0.1, -0.05) is 11.3 Å². The molecule has 0 bridgehead atoms. The smallest absolute Gasteiger partial charge is 0.311 e. The molecule has 4 rings (SSSR count). The third-order valence-electron chi connectivity index (χ3n) is 5.06. The SMILES string of the molecule is Cc1nc(-c2nnn3c2CC[C@]3(C)c2ccc(C(F)(F)F)cc2F)cc(=O)[nH]1. The molecule has 0 unspecified atom stereocenters. The lowest BCUT2D eigenvalue weighted by Crippen LogP contribution is -2.30. The first-order valence-electron chi connectivity index (χ1n) is 8.50. The molecule has 1 aliphatic rings. The van der Waals surface area contributed by atoms with Gasteiger partial charge in [0.1, 0.15) is 23.0 Å². The summed E-state index contributed by atoms with van der Waals surface area (Å²) in [5.41, 5.74) is -0.864. The zero-order valence-corrected chi connectivity index (χ0v) is 14.9. The Kier molecular flexibility index (Phi) is 3.91. The minimum absolute atomic E-state index is 0.103. The molecule has 3 heterocycles. The highest BCUT2D eigenvalue weighted by Crippen LogP contribution is 2.42. The molecule has 0 amide bonds. The Bertz CT molecular complexity index is 1130. The average Bonchev–Trinajstić information content (AvgIpc) is 3.15. The van der Waals surface area contributed by atoms with Crippen molar-refractivity contribution in [3.05, 3.63) is 63.1 Å². The maximum Gasteiger partial charge on any atom is 0.416 e. The lowest BCUT2D eigenvalue weighted by Gasteiger charge is -2.26. The molecule has 0 fully saturated rings. The van der Waals surface area contributed by atoms with Crippen molar-refractivity contribution in [1.29, 1.82) is 0 Å². The van der Waals surface area contributed by atoms with Gasteiger partial charge in [-0.3, -0.25) is 4.79 Å². The Morgan fingerprint density at radius 1 is 1.25 bits per heavy atom. The molecule has 0 saturated carbocycles. The number of hydrogen-bond donors (Lipinski definition) is 1. The number of benzene rings is 1. The summed E-state index contributed by atoms with van der Waals surface area (Å²) in [7, 11) is 0. The van der Waals surface area contributed by atoms with Gasteiger partial charge in [0, 0.05) is 11.6 Å². The van der Waals surface area contributed by atoms with Crippen LogP contribution in [-0.4, -0.2) is 25.0 Å². The monoisotopic (exact) mass is 393 g/mol. The standard InChI is InChI=1S/C18H15F4N5O/c1-9-23-13(8-15(28)24-9)16-14-5-6-17(2,27(14)26-25-16)11-4-3-10(7-12(11)19)18(20,21)22/h3-4,7-8H,5-6H2,1-2H3,(H,23,24,28)/t17-/m1/s1. The highest BCUT2D eigenvalue weighted by molar-refractivity contribution is 5.57. The lowest BCUT2D eigenvalue weighted by molar-refractivity contribution is -0.137. The van der Waals surface area contributed by atoms with Gasteiger partial charge < -0.3 is 4.98 Å². The average molecular weight is 393 g/mol. The molecule has 10 heteroatoms. The number of hydrogen-bond acceptors (Lipinski definition) is 4. The molecule has 1 N–H and O–H groups in total. The van der Waals surface area contributed by atoms with Gasteiger partial charge in [-0.15, -0.1) is 5.10 Å². The second-order valence-corrected chi connectivity index (χ2v) is 6.98. The van der Waals surface area contributed by atoms with Gasteiger partial charge in [0.25, 0.3) is 5.56 Å². The van der Waals surface area contributed by atoms with Gasteiger partial charge in [0.2, 0.25) is 0 Å². The second-order valence-electron chi connectivity index (χ2n) is 6.98. The van der Waals surface area contributed by atoms with Crippen LogP contribution >= 0.6 is 0 Å².